The molecule has 0 aliphatic carbocycles. The molecule has 0 aromatic carbocycles. The number of hydrogen-bond acceptors (Lipinski definition) is 4. The van der Waals surface area contributed by atoms with Crippen LogP contribution in [-0.2, 0) is 9.59 Å². The zero-order chi connectivity index (χ0) is 15.3. The van der Waals surface area contributed by atoms with Crippen LogP contribution in [0.2, 0.25) is 0 Å². The van der Waals surface area contributed by atoms with Gasteiger partial charge in [0.1, 0.15) is 0 Å². The van der Waals surface area contributed by atoms with Gasteiger partial charge in [-0.2, -0.15) is 0 Å². The van der Waals surface area contributed by atoms with Crippen molar-refractivity contribution in [2.45, 2.75) is 38.6 Å². The van der Waals surface area contributed by atoms with E-state index >= 15 is 0 Å². The summed E-state index contributed by atoms with van der Waals surface area (Å²) in [5.74, 6) is 0.258. The van der Waals surface area contributed by atoms with E-state index < -0.39 is 0 Å². The van der Waals surface area contributed by atoms with Crippen molar-refractivity contribution in [1.82, 2.24) is 20.9 Å². The molecule has 0 saturated carbocycles. The van der Waals surface area contributed by atoms with Gasteiger partial charge >= 0.3 is 0 Å². The van der Waals surface area contributed by atoms with Crippen molar-refractivity contribution in [3.63, 3.8) is 0 Å². The van der Waals surface area contributed by atoms with Gasteiger partial charge in [-0.05, 0) is 38.8 Å². The third-order valence-electron chi connectivity index (χ3n) is 4.82. The number of nitrogens with zero attached hydrogens (tertiary/aromatic N) is 1. The standard InChI is InChI=1S/C15H28N4O2/c1-15(5-7-17-8-6-15)14(21)18-12-3-9-19(10-4-12)11-13(20)16-2/h12,17H,3-11H2,1-2H3,(H,16,20)(H,18,21). The minimum absolute atomic E-state index is 0.0553. The Labute approximate surface area is 127 Å². The Morgan fingerprint density at radius 1 is 1.24 bits per heavy atom. The molecule has 0 unspecified atom stereocenters. The third-order valence-corrected chi connectivity index (χ3v) is 4.82. The lowest BCUT2D eigenvalue weighted by Gasteiger charge is -2.36. The number of rotatable bonds is 4. The second-order valence-corrected chi connectivity index (χ2v) is 6.51. The molecule has 2 fully saturated rings. The lowest BCUT2D eigenvalue weighted by molar-refractivity contribution is -0.133. The largest absolute Gasteiger partial charge is 0.358 e. The maximum atomic E-state index is 12.5. The highest BCUT2D eigenvalue weighted by Gasteiger charge is 2.35. The molecule has 0 radical (unpaired) electrons. The number of carbonyl (C=O) groups excluding carboxylic acids is 2. The van der Waals surface area contributed by atoms with E-state index in [4.69, 9.17) is 0 Å². The SMILES string of the molecule is CNC(=O)CN1CCC(NC(=O)C2(C)CCNCC2)CC1. The van der Waals surface area contributed by atoms with Crippen molar-refractivity contribution in [2.75, 3.05) is 39.8 Å². The van der Waals surface area contributed by atoms with Crippen LogP contribution >= 0.6 is 0 Å². The van der Waals surface area contributed by atoms with E-state index in [1.54, 1.807) is 7.05 Å². The van der Waals surface area contributed by atoms with Crippen LogP contribution in [0.15, 0.2) is 0 Å². The van der Waals surface area contributed by atoms with Crippen molar-refractivity contribution in [3.05, 3.63) is 0 Å². The van der Waals surface area contributed by atoms with Gasteiger partial charge in [0, 0.05) is 31.6 Å². The molecule has 0 bridgehead atoms. The molecule has 0 atom stereocenters. The molecule has 0 aromatic rings. The summed E-state index contributed by atoms with van der Waals surface area (Å²) in [7, 11) is 1.66. The Bertz CT molecular complexity index is 372. The number of likely N-dealkylation sites (tertiary alicyclic amines) is 1. The second-order valence-electron chi connectivity index (χ2n) is 6.51. The van der Waals surface area contributed by atoms with E-state index in [0.29, 0.717) is 6.54 Å². The maximum absolute atomic E-state index is 12.5. The van der Waals surface area contributed by atoms with Crippen LogP contribution in [-0.4, -0.2) is 62.5 Å². The smallest absolute Gasteiger partial charge is 0.233 e. The lowest BCUT2D eigenvalue weighted by Crippen LogP contribution is -2.52. The summed E-state index contributed by atoms with van der Waals surface area (Å²) in [4.78, 5) is 26.0. The van der Waals surface area contributed by atoms with Crippen molar-refractivity contribution >= 4 is 11.8 Å². The van der Waals surface area contributed by atoms with Gasteiger partial charge in [-0.15, -0.1) is 0 Å². The minimum Gasteiger partial charge on any atom is -0.358 e. The van der Waals surface area contributed by atoms with E-state index in [2.05, 4.69) is 27.8 Å². The zero-order valence-electron chi connectivity index (χ0n) is 13.2. The number of carbonyl (C=O) groups is 2. The molecule has 0 spiro atoms. The predicted octanol–water partition coefficient (Wildman–Crippen LogP) is -0.297. The number of nitrogens with one attached hydrogen (secondary N) is 3. The van der Waals surface area contributed by atoms with E-state index in [0.717, 1.165) is 51.9 Å². The van der Waals surface area contributed by atoms with Crippen LogP contribution in [0.3, 0.4) is 0 Å². The molecule has 6 heteroatoms. The van der Waals surface area contributed by atoms with Crippen molar-refractivity contribution in [1.29, 1.82) is 0 Å². The van der Waals surface area contributed by atoms with Crippen LogP contribution in [0, 0.1) is 5.41 Å². The van der Waals surface area contributed by atoms with E-state index in [1.807, 2.05) is 0 Å². The quantitative estimate of drug-likeness (QED) is 0.666. The first-order chi connectivity index (χ1) is 10.0. The van der Waals surface area contributed by atoms with Gasteiger partial charge in [-0.3, -0.25) is 14.5 Å². The summed E-state index contributed by atoms with van der Waals surface area (Å²) in [5.41, 5.74) is -0.218. The zero-order valence-corrected chi connectivity index (χ0v) is 13.2. The monoisotopic (exact) mass is 296 g/mol. The maximum Gasteiger partial charge on any atom is 0.233 e. The van der Waals surface area contributed by atoms with Gasteiger partial charge in [0.05, 0.1) is 6.54 Å². The first-order valence-corrected chi connectivity index (χ1v) is 7.98. The van der Waals surface area contributed by atoms with E-state index in [1.165, 1.54) is 0 Å². The van der Waals surface area contributed by atoms with Crippen LogP contribution in [0.4, 0.5) is 0 Å². The highest BCUT2D eigenvalue weighted by atomic mass is 16.2. The molecular weight excluding hydrogens is 268 g/mol. The molecule has 2 aliphatic rings. The fourth-order valence-corrected chi connectivity index (χ4v) is 3.08. The highest BCUT2D eigenvalue weighted by Crippen LogP contribution is 2.28. The number of piperidine rings is 2. The molecule has 2 rings (SSSR count). The van der Waals surface area contributed by atoms with Gasteiger partial charge in [0.15, 0.2) is 0 Å². The second kappa shape index (κ2) is 7.22. The van der Waals surface area contributed by atoms with Crippen LogP contribution < -0.4 is 16.0 Å². The Morgan fingerprint density at radius 3 is 2.43 bits per heavy atom. The molecule has 2 heterocycles. The van der Waals surface area contributed by atoms with Gasteiger partial charge < -0.3 is 16.0 Å². The fourth-order valence-electron chi connectivity index (χ4n) is 3.08. The average Bonchev–Trinajstić information content (AvgIpc) is 2.50. The van der Waals surface area contributed by atoms with Crippen molar-refractivity contribution < 1.29 is 9.59 Å². The molecule has 3 N–H and O–H groups in total. The lowest BCUT2D eigenvalue weighted by atomic mass is 9.80. The molecule has 2 aliphatic heterocycles. The molecule has 0 aromatic heterocycles. The summed E-state index contributed by atoms with van der Waals surface area (Å²) in [6.07, 6.45) is 3.68. The molecule has 2 amide bonds. The Morgan fingerprint density at radius 2 is 1.86 bits per heavy atom. The minimum atomic E-state index is -0.218. The summed E-state index contributed by atoms with van der Waals surface area (Å²) in [6, 6.07) is 0.255. The number of likely N-dealkylation sites (N-methyl/N-ethyl adjacent to an activating group) is 1. The van der Waals surface area contributed by atoms with Crippen LogP contribution in [0.25, 0.3) is 0 Å². The summed E-state index contributed by atoms with van der Waals surface area (Å²) < 4.78 is 0. The first kappa shape index (κ1) is 16.2. The van der Waals surface area contributed by atoms with E-state index in [9.17, 15) is 9.59 Å². The van der Waals surface area contributed by atoms with Gasteiger partial charge in [0.25, 0.3) is 0 Å². The van der Waals surface area contributed by atoms with E-state index in [-0.39, 0.29) is 23.3 Å². The number of amides is 2. The third kappa shape index (κ3) is 4.41. The normalized spacial score (nSPS) is 23.5. The van der Waals surface area contributed by atoms with Gasteiger partial charge in [-0.25, -0.2) is 0 Å². The van der Waals surface area contributed by atoms with Gasteiger partial charge in [-0.1, -0.05) is 6.92 Å². The average molecular weight is 296 g/mol. The summed E-state index contributed by atoms with van der Waals surface area (Å²) in [5, 5.41) is 9.17. The Balaban J connectivity index is 1.75. The molecular formula is C15H28N4O2. The highest BCUT2D eigenvalue weighted by molar-refractivity contribution is 5.82. The predicted molar refractivity (Wildman–Crippen MR) is 81.9 cm³/mol. The van der Waals surface area contributed by atoms with Crippen LogP contribution in [0.5, 0.6) is 0 Å². The molecule has 2 saturated heterocycles. The molecule has 120 valence electrons. The summed E-state index contributed by atoms with van der Waals surface area (Å²) >= 11 is 0. The Hall–Kier alpha value is -1.14. The Kier molecular flexibility index (Phi) is 5.58. The van der Waals surface area contributed by atoms with Crippen molar-refractivity contribution in [3.8, 4) is 0 Å². The topological polar surface area (TPSA) is 73.5 Å². The van der Waals surface area contributed by atoms with Crippen LogP contribution in [0.1, 0.15) is 32.6 Å². The van der Waals surface area contributed by atoms with Gasteiger partial charge in [0.2, 0.25) is 11.8 Å². The molecule has 6 nitrogen and oxygen atoms in total. The van der Waals surface area contributed by atoms with Crippen molar-refractivity contribution in [2.24, 2.45) is 5.41 Å². The summed E-state index contributed by atoms with van der Waals surface area (Å²) in [6.45, 7) is 6.13. The number of hydrogen-bond donors (Lipinski definition) is 3. The first-order valence-electron chi connectivity index (χ1n) is 7.98. The molecule has 21 heavy (non-hydrogen) atoms. The fraction of sp³-hybridized carbons (Fsp3) is 0.867.